The van der Waals surface area contributed by atoms with Crippen LogP contribution in [0.3, 0.4) is 0 Å². The molecule has 6 N–H and O–H groups in total. The van der Waals surface area contributed by atoms with E-state index in [0.29, 0.717) is 11.5 Å². The Morgan fingerprint density at radius 3 is 2.76 bits per heavy atom. The molecule has 0 unspecified atom stereocenters. The number of aromatic nitrogens is 1. The van der Waals surface area contributed by atoms with Crippen molar-refractivity contribution in [2.75, 3.05) is 18.1 Å². The summed E-state index contributed by atoms with van der Waals surface area (Å²) >= 11 is 1.10. The van der Waals surface area contributed by atoms with Gasteiger partial charge in [0.05, 0.1) is 11.3 Å². The van der Waals surface area contributed by atoms with Crippen molar-refractivity contribution < 1.29 is 9.59 Å². The molecule has 2 aromatic heterocycles. The number of pyridine rings is 1. The van der Waals surface area contributed by atoms with Gasteiger partial charge in [-0.2, -0.15) is 0 Å². The van der Waals surface area contributed by atoms with Crippen molar-refractivity contribution in [3.8, 4) is 0 Å². The number of primary amides is 1. The average molecular weight is 305 g/mol. The molecule has 0 spiro atoms. The van der Waals surface area contributed by atoms with E-state index in [0.717, 1.165) is 16.9 Å². The number of hydrogen-bond donors (Lipinski definition) is 4. The van der Waals surface area contributed by atoms with E-state index in [1.54, 1.807) is 12.4 Å². The van der Waals surface area contributed by atoms with E-state index in [1.165, 1.54) is 7.05 Å². The van der Waals surface area contributed by atoms with E-state index in [4.69, 9.17) is 11.5 Å². The smallest absolute Gasteiger partial charge is 0.263 e. The molecule has 0 bridgehead atoms. The second-order valence-corrected chi connectivity index (χ2v) is 5.23. The lowest BCUT2D eigenvalue weighted by atomic mass is 10.2. The zero-order chi connectivity index (χ0) is 15.4. The minimum atomic E-state index is -0.674. The van der Waals surface area contributed by atoms with Crippen LogP contribution in [0.25, 0.3) is 0 Å². The van der Waals surface area contributed by atoms with Gasteiger partial charge in [-0.3, -0.25) is 14.6 Å². The zero-order valence-electron chi connectivity index (χ0n) is 11.3. The molecule has 7 nitrogen and oxygen atoms in total. The van der Waals surface area contributed by atoms with Crippen LogP contribution >= 0.6 is 11.3 Å². The Morgan fingerprint density at radius 2 is 2.19 bits per heavy atom. The van der Waals surface area contributed by atoms with E-state index in [1.807, 2.05) is 12.1 Å². The molecular weight excluding hydrogens is 290 g/mol. The molecule has 0 saturated heterocycles. The average Bonchev–Trinajstić information content (AvgIpc) is 2.82. The van der Waals surface area contributed by atoms with Gasteiger partial charge in [-0.05, 0) is 11.6 Å². The number of anilines is 2. The Kier molecular flexibility index (Phi) is 4.39. The molecule has 0 saturated carbocycles. The Hall–Kier alpha value is -2.61. The normalized spacial score (nSPS) is 10.1. The highest BCUT2D eigenvalue weighted by Gasteiger charge is 2.23. The number of nitrogen functional groups attached to an aromatic ring is 1. The first-order valence-corrected chi connectivity index (χ1v) is 6.93. The lowest BCUT2D eigenvalue weighted by Crippen LogP contribution is -2.19. The van der Waals surface area contributed by atoms with E-state index in [9.17, 15) is 9.59 Å². The van der Waals surface area contributed by atoms with Crippen LogP contribution in [-0.4, -0.2) is 23.8 Å². The summed E-state index contributed by atoms with van der Waals surface area (Å²) in [5.74, 6) is -1.03. The van der Waals surface area contributed by atoms with Gasteiger partial charge in [0.1, 0.15) is 9.88 Å². The van der Waals surface area contributed by atoms with Crippen LogP contribution in [0, 0.1) is 0 Å². The summed E-state index contributed by atoms with van der Waals surface area (Å²) in [7, 11) is 1.49. The van der Waals surface area contributed by atoms with Crippen molar-refractivity contribution in [3.05, 3.63) is 40.5 Å². The molecule has 2 aromatic rings. The summed E-state index contributed by atoms with van der Waals surface area (Å²) < 4.78 is 0. The van der Waals surface area contributed by atoms with Crippen LogP contribution < -0.4 is 22.1 Å². The van der Waals surface area contributed by atoms with E-state index < -0.39 is 5.91 Å². The van der Waals surface area contributed by atoms with E-state index in [-0.39, 0.29) is 22.0 Å². The zero-order valence-corrected chi connectivity index (χ0v) is 12.2. The molecule has 0 atom stereocenters. The van der Waals surface area contributed by atoms with Gasteiger partial charge in [0.2, 0.25) is 0 Å². The van der Waals surface area contributed by atoms with Gasteiger partial charge < -0.3 is 22.1 Å². The summed E-state index contributed by atoms with van der Waals surface area (Å²) in [6, 6.07) is 3.70. The predicted molar refractivity (Wildman–Crippen MR) is 82.2 cm³/mol. The van der Waals surface area contributed by atoms with Gasteiger partial charge in [-0.25, -0.2) is 0 Å². The van der Waals surface area contributed by atoms with Gasteiger partial charge in [0.15, 0.2) is 0 Å². The third-order valence-electron chi connectivity index (χ3n) is 2.80. The summed E-state index contributed by atoms with van der Waals surface area (Å²) in [5.41, 5.74) is 12.4. The second kappa shape index (κ2) is 6.23. The van der Waals surface area contributed by atoms with Crippen molar-refractivity contribution >= 4 is 33.8 Å². The first-order valence-electron chi connectivity index (χ1n) is 6.11. The minimum Gasteiger partial charge on any atom is -0.397 e. The van der Waals surface area contributed by atoms with Gasteiger partial charge in [0, 0.05) is 26.0 Å². The van der Waals surface area contributed by atoms with E-state index >= 15 is 0 Å². The molecule has 0 aliphatic rings. The number of nitrogens with zero attached hydrogens (tertiary/aromatic N) is 1. The molecule has 0 aliphatic heterocycles. The standard InChI is InChI=1S/C13H15N5O2S/c1-16-12(20)10-9(14)8(11(15)19)13(21-10)18-6-7-3-2-4-17-5-7/h2-5,18H,6,14H2,1H3,(H2,15,19)(H,16,20). The molecule has 0 aromatic carbocycles. The Bertz CT molecular complexity index is 669. The number of amides is 2. The number of hydrogen-bond acceptors (Lipinski definition) is 6. The van der Waals surface area contributed by atoms with Crippen LogP contribution in [0.5, 0.6) is 0 Å². The molecule has 8 heteroatoms. The topological polar surface area (TPSA) is 123 Å². The Morgan fingerprint density at radius 1 is 1.43 bits per heavy atom. The van der Waals surface area contributed by atoms with Gasteiger partial charge >= 0.3 is 0 Å². The molecule has 0 fully saturated rings. The fourth-order valence-electron chi connectivity index (χ4n) is 1.78. The lowest BCUT2D eigenvalue weighted by molar-refractivity contribution is 0.0967. The summed E-state index contributed by atoms with van der Waals surface area (Å²) in [4.78, 5) is 27.5. The number of nitrogens with two attached hydrogens (primary N) is 2. The highest BCUT2D eigenvalue weighted by atomic mass is 32.1. The molecule has 2 heterocycles. The number of carbonyl (C=O) groups excluding carboxylic acids is 2. The van der Waals surface area contributed by atoms with E-state index in [2.05, 4.69) is 15.6 Å². The van der Waals surface area contributed by atoms with Crippen LogP contribution in [-0.2, 0) is 6.54 Å². The first-order chi connectivity index (χ1) is 10.0. The van der Waals surface area contributed by atoms with Crippen molar-refractivity contribution in [2.45, 2.75) is 6.54 Å². The number of rotatable bonds is 5. The Balaban J connectivity index is 2.30. The molecule has 110 valence electrons. The quantitative estimate of drug-likeness (QED) is 0.650. The first kappa shape index (κ1) is 14.8. The number of nitrogens with one attached hydrogen (secondary N) is 2. The lowest BCUT2D eigenvalue weighted by Gasteiger charge is -2.05. The molecule has 0 radical (unpaired) electrons. The minimum absolute atomic E-state index is 0.0977. The third-order valence-corrected chi connectivity index (χ3v) is 3.96. The SMILES string of the molecule is CNC(=O)c1sc(NCc2cccnc2)c(C(N)=O)c1N. The highest BCUT2D eigenvalue weighted by molar-refractivity contribution is 7.19. The molecule has 2 rings (SSSR count). The van der Waals surface area contributed by atoms with Crippen molar-refractivity contribution in [2.24, 2.45) is 5.73 Å². The van der Waals surface area contributed by atoms with Gasteiger partial charge in [0.25, 0.3) is 11.8 Å². The molecule has 2 amide bonds. The molecule has 0 aliphatic carbocycles. The predicted octanol–water partition coefficient (Wildman–Crippen LogP) is 0.796. The van der Waals surface area contributed by atoms with Gasteiger partial charge in [-0.1, -0.05) is 6.07 Å². The maximum absolute atomic E-state index is 11.7. The maximum atomic E-state index is 11.7. The fraction of sp³-hybridized carbons (Fsp3) is 0.154. The maximum Gasteiger partial charge on any atom is 0.263 e. The largest absolute Gasteiger partial charge is 0.397 e. The summed E-state index contributed by atoms with van der Waals surface area (Å²) in [6.07, 6.45) is 3.37. The summed E-state index contributed by atoms with van der Waals surface area (Å²) in [5, 5.41) is 6.02. The Labute approximate surface area is 125 Å². The van der Waals surface area contributed by atoms with Crippen molar-refractivity contribution in [1.82, 2.24) is 10.3 Å². The van der Waals surface area contributed by atoms with Gasteiger partial charge in [-0.15, -0.1) is 11.3 Å². The highest BCUT2D eigenvalue weighted by Crippen LogP contribution is 2.35. The number of carbonyl (C=O) groups is 2. The monoisotopic (exact) mass is 305 g/mol. The third kappa shape index (κ3) is 3.11. The van der Waals surface area contributed by atoms with Crippen molar-refractivity contribution in [1.29, 1.82) is 0 Å². The summed E-state index contributed by atoms with van der Waals surface area (Å²) in [6.45, 7) is 0.446. The van der Waals surface area contributed by atoms with Crippen LogP contribution in [0.2, 0.25) is 0 Å². The van der Waals surface area contributed by atoms with Crippen LogP contribution in [0.1, 0.15) is 25.6 Å². The van der Waals surface area contributed by atoms with Crippen molar-refractivity contribution in [3.63, 3.8) is 0 Å². The van der Waals surface area contributed by atoms with Crippen LogP contribution in [0.15, 0.2) is 24.5 Å². The molecular formula is C13H15N5O2S. The number of thiophene rings is 1. The fourth-order valence-corrected chi connectivity index (χ4v) is 2.85. The molecule has 21 heavy (non-hydrogen) atoms. The second-order valence-electron chi connectivity index (χ2n) is 4.21. The van der Waals surface area contributed by atoms with Crippen LogP contribution in [0.4, 0.5) is 10.7 Å².